The van der Waals surface area contributed by atoms with Crippen molar-refractivity contribution in [2.75, 3.05) is 19.5 Å². The highest BCUT2D eigenvalue weighted by Gasteiger charge is 2.19. The van der Waals surface area contributed by atoms with Gasteiger partial charge in [-0.15, -0.1) is 0 Å². The van der Waals surface area contributed by atoms with Gasteiger partial charge in [0.15, 0.2) is 5.75 Å². The Hall–Kier alpha value is -2.24. The highest BCUT2D eigenvalue weighted by atomic mass is 16.7. The number of methoxy groups -OCH3 is 1. The molecule has 0 bridgehead atoms. The van der Waals surface area contributed by atoms with E-state index in [1.54, 1.807) is 13.0 Å². The van der Waals surface area contributed by atoms with E-state index in [0.717, 1.165) is 25.7 Å². The number of hydrogen-bond donors (Lipinski definition) is 1. The molecule has 0 spiro atoms. The van der Waals surface area contributed by atoms with Crippen molar-refractivity contribution in [1.82, 2.24) is 0 Å². The molecular weight excluding hydrogens is 286 g/mol. The van der Waals surface area contributed by atoms with E-state index in [0.29, 0.717) is 17.9 Å². The summed E-state index contributed by atoms with van der Waals surface area (Å²) in [6.07, 6.45) is 3.15. The maximum absolute atomic E-state index is 11.7. The van der Waals surface area contributed by atoms with Gasteiger partial charge in [-0.1, -0.05) is 26.2 Å². The third kappa shape index (κ3) is 5.27. The van der Waals surface area contributed by atoms with Crippen molar-refractivity contribution in [3.05, 3.63) is 23.3 Å². The van der Waals surface area contributed by atoms with E-state index in [1.165, 1.54) is 13.2 Å². The van der Waals surface area contributed by atoms with Gasteiger partial charge in [0, 0.05) is 5.69 Å². The fourth-order valence-electron chi connectivity index (χ4n) is 2.00. The Morgan fingerprint density at radius 2 is 1.91 bits per heavy atom. The number of nitrogen functional groups attached to an aromatic ring is 1. The van der Waals surface area contributed by atoms with Gasteiger partial charge in [-0.3, -0.25) is 0 Å². The number of benzene rings is 1. The molecular formula is C16H23NO5. The SMILES string of the molecule is CCCCCCOC(=O)Oc1c(C)cc(N)cc1C(=O)OC. The Labute approximate surface area is 130 Å². The van der Waals surface area contributed by atoms with Crippen molar-refractivity contribution in [1.29, 1.82) is 0 Å². The topological polar surface area (TPSA) is 87.9 Å². The summed E-state index contributed by atoms with van der Waals surface area (Å²) >= 11 is 0. The van der Waals surface area contributed by atoms with Gasteiger partial charge >= 0.3 is 12.1 Å². The molecule has 1 aromatic carbocycles. The molecule has 0 amide bonds. The zero-order valence-corrected chi connectivity index (χ0v) is 13.3. The molecule has 0 heterocycles. The summed E-state index contributed by atoms with van der Waals surface area (Å²) < 4.78 is 14.8. The van der Waals surface area contributed by atoms with E-state index >= 15 is 0 Å². The largest absolute Gasteiger partial charge is 0.513 e. The Bertz CT molecular complexity index is 528. The molecule has 0 saturated heterocycles. The summed E-state index contributed by atoms with van der Waals surface area (Å²) in [4.78, 5) is 23.5. The lowest BCUT2D eigenvalue weighted by molar-refractivity contribution is 0.0594. The van der Waals surface area contributed by atoms with Crippen molar-refractivity contribution >= 4 is 17.8 Å². The van der Waals surface area contributed by atoms with Crippen molar-refractivity contribution in [2.24, 2.45) is 0 Å². The summed E-state index contributed by atoms with van der Waals surface area (Å²) in [5.74, 6) is -0.513. The summed E-state index contributed by atoms with van der Waals surface area (Å²) in [5, 5.41) is 0. The molecule has 22 heavy (non-hydrogen) atoms. The second-order valence-corrected chi connectivity index (χ2v) is 4.97. The van der Waals surface area contributed by atoms with Crippen LogP contribution in [-0.2, 0) is 9.47 Å². The Morgan fingerprint density at radius 1 is 1.18 bits per heavy atom. The molecule has 122 valence electrons. The van der Waals surface area contributed by atoms with E-state index < -0.39 is 12.1 Å². The number of carbonyl (C=O) groups is 2. The van der Waals surface area contributed by atoms with Gasteiger partial charge in [-0.2, -0.15) is 0 Å². The zero-order valence-electron chi connectivity index (χ0n) is 13.3. The average molecular weight is 309 g/mol. The number of unbranched alkanes of at least 4 members (excludes halogenated alkanes) is 3. The number of anilines is 1. The first-order valence-corrected chi connectivity index (χ1v) is 7.32. The van der Waals surface area contributed by atoms with Gasteiger partial charge < -0.3 is 19.9 Å². The Balaban J connectivity index is 2.71. The Kier molecular flexibility index (Phi) is 7.22. The van der Waals surface area contributed by atoms with Crippen LogP contribution in [0.4, 0.5) is 10.5 Å². The zero-order chi connectivity index (χ0) is 16.5. The average Bonchev–Trinajstić information content (AvgIpc) is 2.48. The van der Waals surface area contributed by atoms with Crippen molar-refractivity contribution < 1.29 is 23.8 Å². The highest BCUT2D eigenvalue weighted by molar-refractivity contribution is 5.94. The van der Waals surface area contributed by atoms with E-state index in [1.807, 2.05) is 0 Å². The van der Waals surface area contributed by atoms with Crippen LogP contribution in [0.2, 0.25) is 0 Å². The number of esters is 1. The minimum Gasteiger partial charge on any atom is -0.465 e. The normalized spacial score (nSPS) is 10.1. The van der Waals surface area contributed by atoms with Crippen LogP contribution in [0.15, 0.2) is 12.1 Å². The molecule has 0 aliphatic heterocycles. The maximum atomic E-state index is 11.7. The minimum absolute atomic E-state index is 0.0999. The summed E-state index contributed by atoms with van der Waals surface area (Å²) in [6, 6.07) is 3.01. The minimum atomic E-state index is -0.838. The number of rotatable bonds is 7. The first kappa shape index (κ1) is 17.8. The smallest absolute Gasteiger partial charge is 0.465 e. The lowest BCUT2D eigenvalue weighted by Crippen LogP contribution is -2.15. The van der Waals surface area contributed by atoms with Crippen molar-refractivity contribution in [3.8, 4) is 5.75 Å². The van der Waals surface area contributed by atoms with Gasteiger partial charge in [0.05, 0.1) is 13.7 Å². The first-order valence-electron chi connectivity index (χ1n) is 7.32. The molecule has 6 heteroatoms. The lowest BCUT2D eigenvalue weighted by Gasteiger charge is -2.12. The monoisotopic (exact) mass is 309 g/mol. The van der Waals surface area contributed by atoms with Gasteiger partial charge in [0.1, 0.15) is 5.56 Å². The summed E-state index contributed by atoms with van der Waals surface area (Å²) in [5.41, 5.74) is 6.74. The molecule has 1 rings (SSSR count). The fraction of sp³-hybridized carbons (Fsp3) is 0.500. The highest BCUT2D eigenvalue weighted by Crippen LogP contribution is 2.27. The van der Waals surface area contributed by atoms with Gasteiger partial charge in [0.25, 0.3) is 0 Å². The van der Waals surface area contributed by atoms with E-state index in [-0.39, 0.29) is 11.3 Å². The maximum Gasteiger partial charge on any atom is 0.513 e. The molecule has 0 unspecified atom stereocenters. The van der Waals surface area contributed by atoms with Crippen LogP contribution in [-0.4, -0.2) is 25.8 Å². The summed E-state index contributed by atoms with van der Waals surface area (Å²) in [6.45, 7) is 4.08. The number of nitrogens with two attached hydrogens (primary N) is 1. The summed E-state index contributed by atoms with van der Waals surface area (Å²) in [7, 11) is 1.25. The third-order valence-electron chi connectivity index (χ3n) is 3.11. The van der Waals surface area contributed by atoms with Crippen LogP contribution in [0.3, 0.4) is 0 Å². The standard InChI is InChI=1S/C16H23NO5/c1-4-5-6-7-8-21-16(19)22-14-11(2)9-12(17)10-13(14)15(18)20-3/h9-10H,4-8,17H2,1-3H3. The Morgan fingerprint density at radius 3 is 2.55 bits per heavy atom. The molecule has 0 aromatic heterocycles. The second-order valence-electron chi connectivity index (χ2n) is 4.97. The van der Waals surface area contributed by atoms with E-state index in [2.05, 4.69) is 11.7 Å². The van der Waals surface area contributed by atoms with E-state index in [4.69, 9.17) is 15.2 Å². The predicted octanol–water partition coefficient (Wildman–Crippen LogP) is 3.46. The molecule has 0 saturated carbocycles. The number of hydrogen-bond acceptors (Lipinski definition) is 6. The van der Waals surface area contributed by atoms with Crippen LogP contribution in [0.1, 0.15) is 48.5 Å². The number of carbonyl (C=O) groups excluding carboxylic acids is 2. The van der Waals surface area contributed by atoms with Crippen molar-refractivity contribution in [2.45, 2.75) is 39.5 Å². The van der Waals surface area contributed by atoms with Crippen LogP contribution in [0.25, 0.3) is 0 Å². The van der Waals surface area contributed by atoms with Gasteiger partial charge in [-0.05, 0) is 31.0 Å². The van der Waals surface area contributed by atoms with E-state index in [9.17, 15) is 9.59 Å². The number of aryl methyl sites for hydroxylation is 1. The molecule has 0 radical (unpaired) electrons. The second kappa shape index (κ2) is 8.92. The molecule has 0 aliphatic rings. The molecule has 0 aliphatic carbocycles. The fourth-order valence-corrected chi connectivity index (χ4v) is 2.00. The van der Waals surface area contributed by atoms with Crippen LogP contribution in [0, 0.1) is 6.92 Å². The van der Waals surface area contributed by atoms with Gasteiger partial charge in [0.2, 0.25) is 0 Å². The van der Waals surface area contributed by atoms with Gasteiger partial charge in [-0.25, -0.2) is 9.59 Å². The third-order valence-corrected chi connectivity index (χ3v) is 3.11. The quantitative estimate of drug-likeness (QED) is 0.359. The predicted molar refractivity (Wildman–Crippen MR) is 83.0 cm³/mol. The number of ether oxygens (including phenoxy) is 3. The lowest BCUT2D eigenvalue weighted by atomic mass is 10.1. The molecule has 2 N–H and O–H groups in total. The molecule has 1 aromatic rings. The molecule has 0 atom stereocenters. The van der Waals surface area contributed by atoms with Crippen LogP contribution >= 0.6 is 0 Å². The first-order chi connectivity index (χ1) is 10.5. The van der Waals surface area contributed by atoms with Crippen LogP contribution in [0.5, 0.6) is 5.75 Å². The molecule has 6 nitrogen and oxygen atoms in total. The van der Waals surface area contributed by atoms with Crippen LogP contribution < -0.4 is 10.5 Å². The van der Waals surface area contributed by atoms with Crippen molar-refractivity contribution in [3.63, 3.8) is 0 Å². The molecule has 0 fully saturated rings.